The van der Waals surface area contributed by atoms with Crippen molar-refractivity contribution in [2.75, 3.05) is 0 Å². The van der Waals surface area contributed by atoms with Crippen LogP contribution in [-0.4, -0.2) is 14.6 Å². The number of nitrogens with two attached hydrogens (primary N) is 1. The molecule has 6 heteroatoms. The standard InChI is InChI=1S/C13H12FN5/c14-10-5-9(6-16-7-10)13(18-15)11-8-17-19-4-2-1-3-12(11)19/h1-8,13,18H,15H2. The fourth-order valence-electron chi connectivity index (χ4n) is 2.13. The molecule has 19 heavy (non-hydrogen) atoms. The van der Waals surface area contributed by atoms with Gasteiger partial charge in [0, 0.05) is 18.0 Å². The summed E-state index contributed by atoms with van der Waals surface area (Å²) in [5.41, 5.74) is 5.12. The summed E-state index contributed by atoms with van der Waals surface area (Å²) in [4.78, 5) is 3.85. The van der Waals surface area contributed by atoms with Gasteiger partial charge in [-0.25, -0.2) is 14.3 Å². The van der Waals surface area contributed by atoms with Gasteiger partial charge >= 0.3 is 0 Å². The average molecular weight is 257 g/mol. The number of nitrogens with zero attached hydrogens (tertiary/aromatic N) is 3. The second kappa shape index (κ2) is 4.75. The van der Waals surface area contributed by atoms with Gasteiger partial charge in [0.2, 0.25) is 0 Å². The molecule has 0 aliphatic heterocycles. The number of hydrogen-bond donors (Lipinski definition) is 2. The molecule has 5 nitrogen and oxygen atoms in total. The number of hydrazine groups is 1. The zero-order chi connectivity index (χ0) is 13.2. The van der Waals surface area contributed by atoms with Gasteiger partial charge in [0.05, 0.1) is 24.0 Å². The summed E-state index contributed by atoms with van der Waals surface area (Å²) >= 11 is 0. The summed E-state index contributed by atoms with van der Waals surface area (Å²) in [5.74, 6) is 5.21. The van der Waals surface area contributed by atoms with Crippen molar-refractivity contribution in [3.05, 3.63) is 66.0 Å². The van der Waals surface area contributed by atoms with Crippen LogP contribution < -0.4 is 11.3 Å². The minimum Gasteiger partial charge on any atom is -0.271 e. The largest absolute Gasteiger partial charge is 0.271 e. The molecule has 0 fully saturated rings. The third-order valence-electron chi connectivity index (χ3n) is 2.99. The zero-order valence-corrected chi connectivity index (χ0v) is 9.99. The lowest BCUT2D eigenvalue weighted by Crippen LogP contribution is -2.29. The van der Waals surface area contributed by atoms with Crippen molar-refractivity contribution in [3.8, 4) is 0 Å². The van der Waals surface area contributed by atoms with Gasteiger partial charge in [-0.3, -0.25) is 10.8 Å². The van der Waals surface area contributed by atoms with E-state index in [1.165, 1.54) is 6.07 Å². The molecule has 0 aromatic carbocycles. The van der Waals surface area contributed by atoms with E-state index in [1.54, 1.807) is 16.9 Å². The first kappa shape index (κ1) is 11.8. The number of rotatable bonds is 3. The van der Waals surface area contributed by atoms with Crippen LogP contribution in [0.2, 0.25) is 0 Å². The average Bonchev–Trinajstić information content (AvgIpc) is 2.84. The van der Waals surface area contributed by atoms with Crippen LogP contribution in [0, 0.1) is 5.82 Å². The molecule has 0 amide bonds. The highest BCUT2D eigenvalue weighted by atomic mass is 19.1. The molecule has 0 spiro atoms. The predicted octanol–water partition coefficient (Wildman–Crippen LogP) is 1.42. The lowest BCUT2D eigenvalue weighted by molar-refractivity contribution is 0.599. The van der Waals surface area contributed by atoms with Crippen LogP contribution in [-0.2, 0) is 0 Å². The molecule has 3 aromatic rings. The second-order valence-corrected chi connectivity index (χ2v) is 4.17. The summed E-state index contributed by atoms with van der Waals surface area (Å²) in [5, 5.41) is 4.24. The Labute approximate surface area is 108 Å². The molecule has 0 radical (unpaired) electrons. The number of aromatic nitrogens is 3. The summed E-state index contributed by atoms with van der Waals surface area (Å²) in [6.45, 7) is 0. The summed E-state index contributed by atoms with van der Waals surface area (Å²) < 4.78 is 15.0. The first-order valence-corrected chi connectivity index (χ1v) is 5.78. The Morgan fingerprint density at radius 2 is 2.16 bits per heavy atom. The van der Waals surface area contributed by atoms with E-state index in [0.29, 0.717) is 5.56 Å². The number of halogens is 1. The predicted molar refractivity (Wildman–Crippen MR) is 68.6 cm³/mol. The third-order valence-corrected chi connectivity index (χ3v) is 2.99. The molecule has 0 bridgehead atoms. The summed E-state index contributed by atoms with van der Waals surface area (Å²) in [7, 11) is 0. The topological polar surface area (TPSA) is 68.2 Å². The Balaban J connectivity index is 2.12. The van der Waals surface area contributed by atoms with Crippen molar-refractivity contribution in [2.24, 2.45) is 5.84 Å². The van der Waals surface area contributed by atoms with Gasteiger partial charge in [-0.1, -0.05) is 6.07 Å². The van der Waals surface area contributed by atoms with Crippen molar-refractivity contribution < 1.29 is 4.39 Å². The zero-order valence-electron chi connectivity index (χ0n) is 9.99. The maximum atomic E-state index is 13.3. The minimum atomic E-state index is -0.394. The third kappa shape index (κ3) is 2.07. The Kier molecular flexibility index (Phi) is 2.94. The molecule has 96 valence electrons. The normalized spacial score (nSPS) is 12.7. The van der Waals surface area contributed by atoms with E-state index in [4.69, 9.17) is 5.84 Å². The van der Waals surface area contributed by atoms with Crippen molar-refractivity contribution in [1.82, 2.24) is 20.0 Å². The maximum absolute atomic E-state index is 13.3. The van der Waals surface area contributed by atoms with Gasteiger partial charge in [0.25, 0.3) is 0 Å². The lowest BCUT2D eigenvalue weighted by atomic mass is 10.0. The molecule has 0 saturated carbocycles. The van der Waals surface area contributed by atoms with Crippen LogP contribution in [0.1, 0.15) is 17.2 Å². The molecule has 3 N–H and O–H groups in total. The van der Waals surface area contributed by atoms with E-state index < -0.39 is 5.82 Å². The van der Waals surface area contributed by atoms with Crippen LogP contribution >= 0.6 is 0 Å². The highest BCUT2D eigenvalue weighted by molar-refractivity contribution is 5.56. The SMILES string of the molecule is NNC(c1cncc(F)c1)c1cnn2ccccc12. The Morgan fingerprint density at radius 3 is 2.95 bits per heavy atom. The van der Waals surface area contributed by atoms with Crippen LogP contribution in [0.3, 0.4) is 0 Å². The van der Waals surface area contributed by atoms with Crippen LogP contribution in [0.4, 0.5) is 4.39 Å². The highest BCUT2D eigenvalue weighted by Gasteiger charge is 2.17. The van der Waals surface area contributed by atoms with Crippen molar-refractivity contribution in [3.63, 3.8) is 0 Å². The summed E-state index contributed by atoms with van der Waals surface area (Å²) in [6.07, 6.45) is 6.30. The van der Waals surface area contributed by atoms with Crippen molar-refractivity contribution in [1.29, 1.82) is 0 Å². The number of fused-ring (bicyclic) bond motifs is 1. The Bertz CT molecular complexity index is 709. The minimum absolute atomic E-state index is 0.358. The van der Waals surface area contributed by atoms with Gasteiger partial charge < -0.3 is 0 Å². The number of nitrogens with one attached hydrogen (secondary N) is 1. The summed E-state index contributed by atoms with van der Waals surface area (Å²) in [6, 6.07) is 6.78. The molecule has 3 aromatic heterocycles. The van der Waals surface area contributed by atoms with Crippen molar-refractivity contribution >= 4 is 5.52 Å². The van der Waals surface area contributed by atoms with E-state index in [9.17, 15) is 4.39 Å². The number of hydrogen-bond acceptors (Lipinski definition) is 4. The smallest absolute Gasteiger partial charge is 0.141 e. The lowest BCUT2D eigenvalue weighted by Gasteiger charge is -2.14. The van der Waals surface area contributed by atoms with Gasteiger partial charge in [0.1, 0.15) is 5.82 Å². The molecule has 3 rings (SSSR count). The fraction of sp³-hybridized carbons (Fsp3) is 0.0769. The Hall–Kier alpha value is -2.31. The highest BCUT2D eigenvalue weighted by Crippen LogP contribution is 2.24. The van der Waals surface area contributed by atoms with Crippen LogP contribution in [0.25, 0.3) is 5.52 Å². The molecular formula is C13H12FN5. The monoisotopic (exact) mass is 257 g/mol. The van der Waals surface area contributed by atoms with Gasteiger partial charge in [-0.2, -0.15) is 5.10 Å². The quantitative estimate of drug-likeness (QED) is 0.550. The van der Waals surface area contributed by atoms with E-state index in [2.05, 4.69) is 15.5 Å². The second-order valence-electron chi connectivity index (χ2n) is 4.17. The van der Waals surface area contributed by atoms with Crippen LogP contribution in [0.15, 0.2) is 49.1 Å². The first-order chi connectivity index (χ1) is 9.29. The van der Waals surface area contributed by atoms with E-state index in [-0.39, 0.29) is 6.04 Å². The van der Waals surface area contributed by atoms with Crippen LogP contribution in [0.5, 0.6) is 0 Å². The Morgan fingerprint density at radius 1 is 1.26 bits per heavy atom. The fourth-order valence-corrected chi connectivity index (χ4v) is 2.13. The maximum Gasteiger partial charge on any atom is 0.141 e. The molecule has 0 saturated heterocycles. The first-order valence-electron chi connectivity index (χ1n) is 5.78. The molecule has 0 aliphatic rings. The van der Waals surface area contributed by atoms with Gasteiger partial charge in [-0.15, -0.1) is 0 Å². The molecule has 1 atom stereocenters. The van der Waals surface area contributed by atoms with E-state index in [1.807, 2.05) is 24.4 Å². The molecule has 3 heterocycles. The molecular weight excluding hydrogens is 245 g/mol. The van der Waals surface area contributed by atoms with Crippen molar-refractivity contribution in [2.45, 2.75) is 6.04 Å². The van der Waals surface area contributed by atoms with E-state index in [0.717, 1.165) is 17.3 Å². The molecule has 0 aliphatic carbocycles. The van der Waals surface area contributed by atoms with E-state index >= 15 is 0 Å². The van der Waals surface area contributed by atoms with Gasteiger partial charge in [-0.05, 0) is 23.8 Å². The number of pyridine rings is 2. The van der Waals surface area contributed by atoms with Gasteiger partial charge in [0.15, 0.2) is 0 Å². The molecule has 1 unspecified atom stereocenters.